The maximum Gasteiger partial charge on any atom is 0.416 e. The van der Waals surface area contributed by atoms with Crippen molar-refractivity contribution in [2.75, 3.05) is 17.1 Å². The van der Waals surface area contributed by atoms with Gasteiger partial charge in [-0.1, -0.05) is 48.4 Å². The molecule has 7 nitrogen and oxygen atoms in total. The van der Waals surface area contributed by atoms with Crippen LogP contribution in [0.2, 0.25) is 5.02 Å². The highest BCUT2D eigenvalue weighted by molar-refractivity contribution is 7.92. The number of carbonyl (C=O) groups is 2. The minimum Gasteiger partial charge on any atom is -0.352 e. The molecule has 37 heavy (non-hydrogen) atoms. The summed E-state index contributed by atoms with van der Waals surface area (Å²) in [6.45, 7) is 6.25. The number of anilines is 1. The van der Waals surface area contributed by atoms with Gasteiger partial charge in [0.15, 0.2) is 0 Å². The van der Waals surface area contributed by atoms with Crippen LogP contribution in [0.3, 0.4) is 0 Å². The highest BCUT2D eigenvalue weighted by Gasteiger charge is 2.35. The van der Waals surface area contributed by atoms with E-state index < -0.39 is 51.9 Å². The fraction of sp³-hybridized carbons (Fsp3) is 0.440. The van der Waals surface area contributed by atoms with E-state index >= 15 is 0 Å². The van der Waals surface area contributed by atoms with Gasteiger partial charge < -0.3 is 10.2 Å². The number of hydrogen-bond donors (Lipinski definition) is 1. The molecule has 1 N–H and O–H groups in total. The summed E-state index contributed by atoms with van der Waals surface area (Å²) in [5.74, 6) is -1.20. The Labute approximate surface area is 220 Å². The predicted octanol–water partition coefficient (Wildman–Crippen LogP) is 4.77. The quantitative estimate of drug-likeness (QED) is 0.453. The van der Waals surface area contributed by atoms with Crippen LogP contribution in [0.15, 0.2) is 42.5 Å². The van der Waals surface area contributed by atoms with Crippen LogP contribution >= 0.6 is 11.6 Å². The third-order valence-corrected chi connectivity index (χ3v) is 6.96. The Morgan fingerprint density at radius 1 is 1.08 bits per heavy atom. The first-order valence-electron chi connectivity index (χ1n) is 11.5. The molecule has 2 aromatic rings. The second-order valence-corrected chi connectivity index (χ2v) is 11.3. The van der Waals surface area contributed by atoms with Crippen molar-refractivity contribution in [2.24, 2.45) is 0 Å². The fourth-order valence-corrected chi connectivity index (χ4v) is 4.79. The summed E-state index contributed by atoms with van der Waals surface area (Å²) in [5.41, 5.74) is 0.0703. The average Bonchev–Trinajstić information content (AvgIpc) is 2.77. The number of amides is 2. The maximum absolute atomic E-state index is 13.6. The second kappa shape index (κ2) is 12.2. The number of carbonyl (C=O) groups excluding carboxylic acids is 2. The Hall–Kier alpha value is -2.79. The summed E-state index contributed by atoms with van der Waals surface area (Å²) in [4.78, 5) is 27.8. The topological polar surface area (TPSA) is 86.8 Å². The molecule has 0 aliphatic carbocycles. The standard InChI is InChI=1S/C25H31ClF3N3O4S/c1-6-21(24(34)30-16(2)3)31(14-18-9-7-17(4)8-10-18)23(33)15-32(37(5,35)36)22-13-19(25(27,28)29)11-12-20(22)26/h7-13,16,21H,6,14-15H2,1-5H3,(H,30,34)/t21-/m1/s1. The van der Waals surface area contributed by atoms with Crippen molar-refractivity contribution in [1.82, 2.24) is 10.2 Å². The molecule has 12 heteroatoms. The van der Waals surface area contributed by atoms with E-state index in [0.717, 1.165) is 24.0 Å². The molecule has 2 rings (SSSR count). The summed E-state index contributed by atoms with van der Waals surface area (Å²) in [5, 5.41) is 2.48. The zero-order valence-electron chi connectivity index (χ0n) is 21.3. The number of aryl methyl sites for hydroxylation is 1. The van der Waals surface area contributed by atoms with Gasteiger partial charge in [0.1, 0.15) is 12.6 Å². The molecule has 0 spiro atoms. The van der Waals surface area contributed by atoms with Crippen LogP contribution in [-0.2, 0) is 32.3 Å². The Kier molecular flexibility index (Phi) is 10.0. The molecule has 0 fully saturated rings. The van der Waals surface area contributed by atoms with Gasteiger partial charge in [-0.3, -0.25) is 13.9 Å². The molecular formula is C25H31ClF3N3O4S. The van der Waals surface area contributed by atoms with E-state index in [1.807, 2.05) is 19.1 Å². The normalized spacial score (nSPS) is 12.8. The number of rotatable bonds is 10. The zero-order chi connectivity index (χ0) is 28.1. The molecule has 0 bridgehead atoms. The number of alkyl halides is 3. The molecule has 0 saturated heterocycles. The SMILES string of the molecule is CC[C@H](C(=O)NC(C)C)N(Cc1ccc(C)cc1)C(=O)CN(c1cc(C(F)(F)F)ccc1Cl)S(C)(=O)=O. The van der Waals surface area contributed by atoms with E-state index in [2.05, 4.69) is 5.32 Å². The van der Waals surface area contributed by atoms with Crippen LogP contribution < -0.4 is 9.62 Å². The molecule has 0 saturated carbocycles. The van der Waals surface area contributed by atoms with Gasteiger partial charge in [-0.15, -0.1) is 0 Å². The average molecular weight is 562 g/mol. The van der Waals surface area contributed by atoms with Crippen molar-refractivity contribution < 1.29 is 31.2 Å². The Balaban J connectivity index is 2.54. The lowest BCUT2D eigenvalue weighted by Crippen LogP contribution is -2.53. The largest absolute Gasteiger partial charge is 0.416 e. The van der Waals surface area contributed by atoms with Gasteiger partial charge in [-0.2, -0.15) is 13.2 Å². The summed E-state index contributed by atoms with van der Waals surface area (Å²) >= 11 is 6.09. The number of hydrogen-bond acceptors (Lipinski definition) is 4. The Bertz CT molecular complexity index is 1220. The van der Waals surface area contributed by atoms with E-state index in [4.69, 9.17) is 11.6 Å². The highest BCUT2D eigenvalue weighted by atomic mass is 35.5. The van der Waals surface area contributed by atoms with Gasteiger partial charge in [-0.25, -0.2) is 8.42 Å². The van der Waals surface area contributed by atoms with E-state index in [-0.39, 0.29) is 24.0 Å². The maximum atomic E-state index is 13.6. The molecule has 2 amide bonds. The van der Waals surface area contributed by atoms with Crippen LogP contribution in [0.5, 0.6) is 0 Å². The Morgan fingerprint density at radius 2 is 1.68 bits per heavy atom. The number of benzene rings is 2. The fourth-order valence-electron chi connectivity index (χ4n) is 3.67. The van der Waals surface area contributed by atoms with Crippen molar-refractivity contribution in [3.8, 4) is 0 Å². The minimum atomic E-state index is -4.76. The van der Waals surface area contributed by atoms with Gasteiger partial charge >= 0.3 is 6.18 Å². The third kappa shape index (κ3) is 8.36. The first-order chi connectivity index (χ1) is 17.0. The van der Waals surface area contributed by atoms with Gasteiger partial charge in [-0.05, 0) is 51.0 Å². The molecule has 0 aliphatic heterocycles. The molecule has 0 heterocycles. The van der Waals surface area contributed by atoms with Gasteiger partial charge in [0.2, 0.25) is 21.8 Å². The van der Waals surface area contributed by atoms with E-state index in [1.165, 1.54) is 4.90 Å². The van der Waals surface area contributed by atoms with Crippen molar-refractivity contribution >= 4 is 39.1 Å². The molecule has 0 radical (unpaired) electrons. The van der Waals surface area contributed by atoms with Crippen LogP contribution in [0.25, 0.3) is 0 Å². The molecule has 0 aliphatic rings. The second-order valence-electron chi connectivity index (χ2n) is 9.03. The van der Waals surface area contributed by atoms with Crippen molar-refractivity contribution in [3.63, 3.8) is 0 Å². The lowest BCUT2D eigenvalue weighted by Gasteiger charge is -2.33. The first-order valence-corrected chi connectivity index (χ1v) is 13.8. The number of nitrogens with zero attached hydrogens (tertiary/aromatic N) is 2. The predicted molar refractivity (Wildman–Crippen MR) is 138 cm³/mol. The summed E-state index contributed by atoms with van der Waals surface area (Å²) < 4.78 is 65.8. The number of nitrogens with one attached hydrogen (secondary N) is 1. The number of sulfonamides is 1. The van der Waals surface area contributed by atoms with E-state index in [0.29, 0.717) is 15.9 Å². The summed E-state index contributed by atoms with van der Waals surface area (Å²) in [6.07, 6.45) is -3.77. The minimum absolute atomic E-state index is 0.0168. The van der Waals surface area contributed by atoms with Crippen LogP contribution in [0.1, 0.15) is 43.9 Å². The molecule has 1 atom stereocenters. The molecule has 0 unspecified atom stereocenters. The van der Waals surface area contributed by atoms with Crippen molar-refractivity contribution in [1.29, 1.82) is 0 Å². The smallest absolute Gasteiger partial charge is 0.352 e. The van der Waals surface area contributed by atoms with Gasteiger partial charge in [0, 0.05) is 12.6 Å². The van der Waals surface area contributed by atoms with Crippen LogP contribution in [-0.4, -0.2) is 50.0 Å². The lowest BCUT2D eigenvalue weighted by molar-refractivity contribution is -0.140. The molecule has 2 aromatic carbocycles. The van der Waals surface area contributed by atoms with Gasteiger partial charge in [0.05, 0.1) is 22.5 Å². The van der Waals surface area contributed by atoms with E-state index in [9.17, 15) is 31.2 Å². The molecular weight excluding hydrogens is 531 g/mol. The monoisotopic (exact) mass is 561 g/mol. The number of halogens is 4. The highest BCUT2D eigenvalue weighted by Crippen LogP contribution is 2.36. The summed E-state index contributed by atoms with van der Waals surface area (Å²) in [6, 6.07) is 8.30. The van der Waals surface area contributed by atoms with Crippen molar-refractivity contribution in [2.45, 2.75) is 58.9 Å². The molecule has 204 valence electrons. The zero-order valence-corrected chi connectivity index (χ0v) is 22.8. The third-order valence-electron chi connectivity index (χ3n) is 5.51. The molecule has 0 aromatic heterocycles. The Morgan fingerprint density at radius 3 is 2.16 bits per heavy atom. The van der Waals surface area contributed by atoms with Gasteiger partial charge in [0.25, 0.3) is 0 Å². The van der Waals surface area contributed by atoms with Crippen molar-refractivity contribution in [3.05, 3.63) is 64.2 Å². The van der Waals surface area contributed by atoms with E-state index in [1.54, 1.807) is 32.9 Å². The van der Waals surface area contributed by atoms with Crippen LogP contribution in [0, 0.1) is 6.92 Å². The first kappa shape index (κ1) is 30.4. The summed E-state index contributed by atoms with van der Waals surface area (Å²) in [7, 11) is -4.25. The lowest BCUT2D eigenvalue weighted by atomic mass is 10.1. The van der Waals surface area contributed by atoms with Crippen LogP contribution in [0.4, 0.5) is 18.9 Å².